The van der Waals surface area contributed by atoms with Crippen LogP contribution in [0, 0.1) is 0 Å². The molecule has 8 heteroatoms. The number of anilines is 2. The van der Waals surface area contributed by atoms with Crippen molar-refractivity contribution in [1.29, 1.82) is 0 Å². The van der Waals surface area contributed by atoms with Gasteiger partial charge in [0, 0.05) is 24.3 Å². The number of hydrogen-bond acceptors (Lipinski definition) is 6. The molecule has 2 aromatic rings. The van der Waals surface area contributed by atoms with Crippen molar-refractivity contribution in [1.82, 2.24) is 19.9 Å². The van der Waals surface area contributed by atoms with Gasteiger partial charge in [-0.3, -0.25) is 0 Å². The largest absolute Gasteiger partial charge is 0.399 e. The van der Waals surface area contributed by atoms with Crippen molar-refractivity contribution in [2.45, 2.75) is 17.7 Å². The Kier molecular flexibility index (Phi) is 5.71. The Bertz CT molecular complexity index is 688. The van der Waals surface area contributed by atoms with Gasteiger partial charge in [0.15, 0.2) is 16.5 Å². The second-order valence-electron chi connectivity index (χ2n) is 5.74. The molecule has 2 heterocycles. The molecule has 3 rings (SSSR count). The predicted octanol–water partition coefficient (Wildman–Crippen LogP) is 3.10. The fourth-order valence-electron chi connectivity index (χ4n) is 2.71. The summed E-state index contributed by atoms with van der Waals surface area (Å²) < 4.78 is 0. The number of rotatable bonds is 6. The predicted molar refractivity (Wildman–Crippen MR) is 98.3 cm³/mol. The molecule has 24 heavy (non-hydrogen) atoms. The third kappa shape index (κ3) is 4.47. The Hall–Kier alpha value is -1.63. The number of nitrogens with zero attached hydrogens (tertiary/aromatic N) is 4. The van der Waals surface area contributed by atoms with E-state index in [1.54, 1.807) is 0 Å². The number of nitrogen functional groups attached to an aromatic ring is 1. The van der Waals surface area contributed by atoms with Crippen LogP contribution in [0.25, 0.3) is 11.4 Å². The quantitative estimate of drug-likeness (QED) is 0.603. The minimum atomic E-state index is -0.813. The van der Waals surface area contributed by atoms with Crippen LogP contribution in [0.15, 0.2) is 24.3 Å². The van der Waals surface area contributed by atoms with Crippen LogP contribution in [0.1, 0.15) is 23.5 Å². The maximum absolute atomic E-state index is 5.96. The summed E-state index contributed by atoms with van der Waals surface area (Å²) in [6.07, 6.45) is 2.55. The zero-order chi connectivity index (χ0) is 16.9. The zero-order valence-corrected chi connectivity index (χ0v) is 14.8. The first-order chi connectivity index (χ1) is 11.6. The van der Waals surface area contributed by atoms with Gasteiger partial charge in [-0.1, -0.05) is 35.3 Å². The van der Waals surface area contributed by atoms with Gasteiger partial charge in [-0.15, -0.1) is 0 Å². The molecule has 0 amide bonds. The van der Waals surface area contributed by atoms with E-state index in [4.69, 9.17) is 28.9 Å². The minimum Gasteiger partial charge on any atom is -0.399 e. The summed E-state index contributed by atoms with van der Waals surface area (Å²) in [5.41, 5.74) is 7.28. The van der Waals surface area contributed by atoms with Crippen LogP contribution in [0.2, 0.25) is 0 Å². The smallest absolute Gasteiger partial charge is 0.226 e. The van der Waals surface area contributed by atoms with Crippen molar-refractivity contribution in [2.24, 2.45) is 0 Å². The van der Waals surface area contributed by atoms with Gasteiger partial charge in [-0.2, -0.15) is 9.97 Å². The third-order valence-corrected chi connectivity index (χ3v) is 4.29. The number of aromatic nitrogens is 3. The second kappa shape index (κ2) is 7.96. The molecule has 0 spiro atoms. The highest BCUT2D eigenvalue weighted by Crippen LogP contribution is 2.25. The van der Waals surface area contributed by atoms with E-state index in [2.05, 4.69) is 25.2 Å². The lowest BCUT2D eigenvalue weighted by molar-refractivity contribution is 0.352. The molecule has 1 aromatic heterocycles. The first kappa shape index (κ1) is 17.2. The molecule has 1 aliphatic heterocycles. The number of likely N-dealkylation sites (tertiary alicyclic amines) is 1. The van der Waals surface area contributed by atoms with Gasteiger partial charge >= 0.3 is 0 Å². The fourth-order valence-corrected chi connectivity index (χ4v) is 2.90. The maximum atomic E-state index is 5.96. The van der Waals surface area contributed by atoms with Crippen molar-refractivity contribution < 1.29 is 0 Å². The van der Waals surface area contributed by atoms with E-state index in [-0.39, 0.29) is 0 Å². The van der Waals surface area contributed by atoms with Gasteiger partial charge in [0.05, 0.1) is 0 Å². The van der Waals surface area contributed by atoms with Gasteiger partial charge in [0.1, 0.15) is 0 Å². The highest BCUT2D eigenvalue weighted by Gasteiger charge is 2.15. The van der Waals surface area contributed by atoms with Crippen LogP contribution < -0.4 is 11.1 Å². The number of nitrogens with one attached hydrogen (secondary N) is 1. The van der Waals surface area contributed by atoms with Crippen molar-refractivity contribution >= 4 is 34.8 Å². The number of nitrogens with two attached hydrogens (primary N) is 1. The summed E-state index contributed by atoms with van der Waals surface area (Å²) >= 11 is 11.9. The Labute approximate surface area is 151 Å². The minimum absolute atomic E-state index is 0.328. The molecule has 6 nitrogen and oxygen atoms in total. The van der Waals surface area contributed by atoms with Gasteiger partial charge in [0.25, 0.3) is 0 Å². The van der Waals surface area contributed by atoms with Crippen molar-refractivity contribution in [3.05, 3.63) is 30.1 Å². The SMILES string of the molecule is Nc1cccc(-c2nc(NCCN3CCCC3)nc(C(Cl)Cl)n2)c1. The van der Waals surface area contributed by atoms with Crippen LogP contribution in [-0.2, 0) is 0 Å². The zero-order valence-electron chi connectivity index (χ0n) is 13.3. The molecule has 0 atom stereocenters. The standard InChI is InChI=1S/C16H20Cl2N6/c17-13(18)15-21-14(11-4-3-5-12(19)10-11)22-16(23-15)20-6-9-24-7-1-2-8-24/h3-5,10,13H,1-2,6-9,19H2,(H,20,21,22,23). The van der Waals surface area contributed by atoms with Crippen molar-refractivity contribution in [2.75, 3.05) is 37.2 Å². The molecule has 0 unspecified atom stereocenters. The topological polar surface area (TPSA) is 80.0 Å². The van der Waals surface area contributed by atoms with Crippen LogP contribution in [-0.4, -0.2) is 46.0 Å². The van der Waals surface area contributed by atoms with E-state index in [0.717, 1.165) is 31.7 Å². The lowest BCUT2D eigenvalue weighted by Gasteiger charge is -2.15. The highest BCUT2D eigenvalue weighted by molar-refractivity contribution is 6.43. The summed E-state index contributed by atoms with van der Waals surface area (Å²) in [6, 6.07) is 7.37. The number of alkyl halides is 2. The molecule has 0 bridgehead atoms. The van der Waals surface area contributed by atoms with Crippen molar-refractivity contribution in [3.63, 3.8) is 0 Å². The van der Waals surface area contributed by atoms with E-state index < -0.39 is 4.84 Å². The summed E-state index contributed by atoms with van der Waals surface area (Å²) in [5.74, 6) is 1.31. The van der Waals surface area contributed by atoms with E-state index in [1.165, 1.54) is 12.8 Å². The average Bonchev–Trinajstić information content (AvgIpc) is 3.08. The Morgan fingerprint density at radius 1 is 1.17 bits per heavy atom. The van der Waals surface area contributed by atoms with Crippen LogP contribution >= 0.6 is 23.2 Å². The molecular formula is C16H20Cl2N6. The molecule has 3 N–H and O–H groups in total. The average molecular weight is 367 g/mol. The molecule has 1 fully saturated rings. The monoisotopic (exact) mass is 366 g/mol. The van der Waals surface area contributed by atoms with Crippen LogP contribution in [0.4, 0.5) is 11.6 Å². The molecule has 128 valence electrons. The molecular weight excluding hydrogens is 347 g/mol. The van der Waals surface area contributed by atoms with Gasteiger partial charge in [-0.05, 0) is 38.1 Å². The second-order valence-corrected chi connectivity index (χ2v) is 6.84. The molecule has 1 aromatic carbocycles. The van der Waals surface area contributed by atoms with Gasteiger partial charge < -0.3 is 16.0 Å². The molecule has 0 saturated carbocycles. The number of halogens is 2. The van der Waals surface area contributed by atoms with Crippen LogP contribution in [0.5, 0.6) is 0 Å². The molecule has 0 aliphatic carbocycles. The van der Waals surface area contributed by atoms with Gasteiger partial charge in [-0.25, -0.2) is 4.98 Å². The van der Waals surface area contributed by atoms with Gasteiger partial charge in [0.2, 0.25) is 5.95 Å². The van der Waals surface area contributed by atoms with Crippen molar-refractivity contribution in [3.8, 4) is 11.4 Å². The number of hydrogen-bond donors (Lipinski definition) is 2. The van der Waals surface area contributed by atoms with Crippen LogP contribution in [0.3, 0.4) is 0 Å². The molecule has 1 saturated heterocycles. The summed E-state index contributed by atoms with van der Waals surface area (Å²) in [6.45, 7) is 4.03. The molecule has 1 aliphatic rings. The Morgan fingerprint density at radius 3 is 2.67 bits per heavy atom. The molecule has 0 radical (unpaired) electrons. The first-order valence-electron chi connectivity index (χ1n) is 7.98. The Morgan fingerprint density at radius 2 is 1.96 bits per heavy atom. The normalized spacial score (nSPS) is 15.1. The van der Waals surface area contributed by atoms with E-state index in [0.29, 0.717) is 23.3 Å². The summed E-state index contributed by atoms with van der Waals surface area (Å²) in [5, 5.41) is 3.24. The fraction of sp³-hybridized carbons (Fsp3) is 0.438. The third-order valence-electron chi connectivity index (χ3n) is 3.90. The summed E-state index contributed by atoms with van der Waals surface area (Å²) in [4.78, 5) is 14.7. The summed E-state index contributed by atoms with van der Waals surface area (Å²) in [7, 11) is 0. The maximum Gasteiger partial charge on any atom is 0.226 e. The van der Waals surface area contributed by atoms with E-state index >= 15 is 0 Å². The highest BCUT2D eigenvalue weighted by atomic mass is 35.5. The van der Waals surface area contributed by atoms with E-state index in [1.807, 2.05) is 24.3 Å². The first-order valence-corrected chi connectivity index (χ1v) is 8.85. The lowest BCUT2D eigenvalue weighted by atomic mass is 10.2. The number of benzene rings is 1. The Balaban J connectivity index is 1.77. The van der Waals surface area contributed by atoms with E-state index in [9.17, 15) is 0 Å². The lowest BCUT2D eigenvalue weighted by Crippen LogP contribution is -2.26.